The van der Waals surface area contributed by atoms with Crippen molar-refractivity contribution in [2.24, 2.45) is 0 Å². The van der Waals surface area contributed by atoms with Gasteiger partial charge in [0.15, 0.2) is 15.4 Å². The number of hydrogen-bond acceptors (Lipinski definition) is 5. The highest BCUT2D eigenvalue weighted by atomic mass is 32.2. The van der Waals surface area contributed by atoms with Crippen LogP contribution >= 0.6 is 0 Å². The summed E-state index contributed by atoms with van der Waals surface area (Å²) in [5.41, 5.74) is 0.331. The Bertz CT molecular complexity index is 863. The van der Waals surface area contributed by atoms with Crippen molar-refractivity contribution in [3.05, 3.63) is 42.0 Å². The molecule has 2 saturated heterocycles. The molecule has 4 atom stereocenters. The van der Waals surface area contributed by atoms with Crippen LogP contribution in [0.25, 0.3) is 0 Å². The SMILES string of the molecule is O=C1C=C2CC(S(=O)(=O)c3ccccc3)C3CC2(O1)C1CCCCN31. The lowest BCUT2D eigenvalue weighted by Crippen LogP contribution is -2.48. The first-order chi connectivity index (χ1) is 12.0. The standard InChI is InChI=1S/C19H21NO4S/c21-18-11-13-10-16(25(22,23)14-6-2-1-3-7-14)15-12-19(13,24-18)17-8-4-5-9-20(15)17/h1-3,6-7,11,15-17H,4-5,8-10,12H2. The van der Waals surface area contributed by atoms with E-state index in [2.05, 4.69) is 4.90 Å². The van der Waals surface area contributed by atoms with Crippen molar-refractivity contribution in [1.82, 2.24) is 4.90 Å². The molecule has 3 aliphatic heterocycles. The van der Waals surface area contributed by atoms with E-state index in [0.29, 0.717) is 17.7 Å². The first-order valence-corrected chi connectivity index (χ1v) is 10.6. The fourth-order valence-electron chi connectivity index (χ4n) is 5.44. The third-order valence-corrected chi connectivity index (χ3v) is 8.67. The summed E-state index contributed by atoms with van der Waals surface area (Å²) in [5, 5.41) is -0.508. The van der Waals surface area contributed by atoms with E-state index >= 15 is 0 Å². The number of piperidine rings is 1. The average Bonchev–Trinajstić information content (AvgIpc) is 3.10. The van der Waals surface area contributed by atoms with Gasteiger partial charge in [0.25, 0.3) is 0 Å². The minimum atomic E-state index is -3.46. The number of rotatable bonds is 2. The largest absolute Gasteiger partial charge is 0.450 e. The fourth-order valence-corrected chi connectivity index (χ4v) is 7.39. The highest BCUT2D eigenvalue weighted by Crippen LogP contribution is 2.55. The molecule has 4 aliphatic rings. The van der Waals surface area contributed by atoms with Crippen LogP contribution in [0.4, 0.5) is 0 Å². The van der Waals surface area contributed by atoms with Gasteiger partial charge in [-0.05, 0) is 43.5 Å². The predicted molar refractivity (Wildman–Crippen MR) is 91.7 cm³/mol. The molecule has 4 unspecified atom stereocenters. The van der Waals surface area contributed by atoms with Gasteiger partial charge in [-0.15, -0.1) is 0 Å². The van der Waals surface area contributed by atoms with E-state index in [1.807, 2.05) is 6.07 Å². The molecule has 1 spiro atoms. The zero-order valence-corrected chi connectivity index (χ0v) is 14.7. The highest BCUT2D eigenvalue weighted by molar-refractivity contribution is 7.92. The molecule has 0 amide bonds. The Morgan fingerprint density at radius 1 is 1.16 bits per heavy atom. The maximum atomic E-state index is 13.3. The monoisotopic (exact) mass is 359 g/mol. The molecule has 1 aromatic carbocycles. The number of esters is 1. The van der Waals surface area contributed by atoms with Crippen molar-refractivity contribution in [3.8, 4) is 0 Å². The van der Waals surface area contributed by atoms with Gasteiger partial charge in [0.2, 0.25) is 0 Å². The van der Waals surface area contributed by atoms with E-state index in [9.17, 15) is 13.2 Å². The summed E-state index contributed by atoms with van der Waals surface area (Å²) in [7, 11) is -3.46. The Morgan fingerprint density at radius 3 is 2.76 bits per heavy atom. The summed E-state index contributed by atoms with van der Waals surface area (Å²) in [6, 6.07) is 8.76. The van der Waals surface area contributed by atoms with Crippen molar-refractivity contribution >= 4 is 15.8 Å². The number of carbonyl (C=O) groups excluding carboxylic acids is 1. The normalized spacial score (nSPS) is 37.2. The second-order valence-electron chi connectivity index (χ2n) is 7.60. The van der Waals surface area contributed by atoms with Crippen LogP contribution in [0, 0.1) is 0 Å². The van der Waals surface area contributed by atoms with Gasteiger partial charge < -0.3 is 4.74 Å². The molecule has 1 aromatic rings. The van der Waals surface area contributed by atoms with Crippen LogP contribution in [0.3, 0.4) is 0 Å². The molecular formula is C19H21NO4S. The van der Waals surface area contributed by atoms with Crippen molar-refractivity contribution in [2.75, 3.05) is 6.54 Å². The lowest BCUT2D eigenvalue weighted by atomic mass is 9.77. The topological polar surface area (TPSA) is 63.7 Å². The zero-order valence-electron chi connectivity index (χ0n) is 13.9. The molecule has 6 heteroatoms. The molecule has 0 radical (unpaired) electrons. The van der Waals surface area contributed by atoms with Gasteiger partial charge in [0.1, 0.15) is 0 Å². The Kier molecular flexibility index (Phi) is 3.23. The summed E-state index contributed by atoms with van der Waals surface area (Å²) < 4.78 is 32.5. The number of nitrogens with zero attached hydrogens (tertiary/aromatic N) is 1. The quantitative estimate of drug-likeness (QED) is 0.757. The van der Waals surface area contributed by atoms with Gasteiger partial charge in [-0.1, -0.05) is 24.6 Å². The van der Waals surface area contributed by atoms with Crippen LogP contribution in [0.1, 0.15) is 32.1 Å². The summed E-state index contributed by atoms with van der Waals surface area (Å²) in [4.78, 5) is 14.7. The lowest BCUT2D eigenvalue weighted by Gasteiger charge is -2.38. The summed E-state index contributed by atoms with van der Waals surface area (Å²) in [6.45, 7) is 0.892. The maximum Gasteiger partial charge on any atom is 0.331 e. The Hall–Kier alpha value is -1.66. The average molecular weight is 359 g/mol. The Labute approximate surface area is 147 Å². The minimum Gasteiger partial charge on any atom is -0.450 e. The predicted octanol–water partition coefficient (Wildman–Crippen LogP) is 2.08. The van der Waals surface area contributed by atoms with Gasteiger partial charge >= 0.3 is 5.97 Å². The van der Waals surface area contributed by atoms with Crippen molar-refractivity contribution in [2.45, 2.75) is 59.9 Å². The molecule has 0 aromatic heterocycles. The molecule has 0 N–H and O–H groups in total. The smallest absolute Gasteiger partial charge is 0.331 e. The van der Waals surface area contributed by atoms with Crippen LogP contribution in [0.2, 0.25) is 0 Å². The molecule has 5 nitrogen and oxygen atoms in total. The Balaban J connectivity index is 1.62. The maximum absolute atomic E-state index is 13.3. The molecule has 3 fully saturated rings. The molecule has 25 heavy (non-hydrogen) atoms. The number of sulfone groups is 1. The first-order valence-electron chi connectivity index (χ1n) is 9.01. The summed E-state index contributed by atoms with van der Waals surface area (Å²) in [6.07, 6.45) is 5.73. The number of carbonyl (C=O) groups is 1. The summed E-state index contributed by atoms with van der Waals surface area (Å²) in [5.74, 6) is -0.307. The number of fused-ring (bicyclic) bond motifs is 3. The highest BCUT2D eigenvalue weighted by Gasteiger charge is 2.65. The molecule has 1 aliphatic carbocycles. The summed E-state index contributed by atoms with van der Waals surface area (Å²) >= 11 is 0. The van der Waals surface area contributed by atoms with E-state index in [1.165, 1.54) is 0 Å². The van der Waals surface area contributed by atoms with Gasteiger partial charge in [0, 0.05) is 18.5 Å². The van der Waals surface area contributed by atoms with E-state index in [-0.39, 0.29) is 18.1 Å². The third kappa shape index (κ3) is 2.04. The van der Waals surface area contributed by atoms with E-state index in [1.54, 1.807) is 30.3 Å². The van der Waals surface area contributed by atoms with E-state index < -0.39 is 20.7 Å². The number of ether oxygens (including phenoxy) is 1. The van der Waals surface area contributed by atoms with Crippen LogP contribution in [-0.4, -0.2) is 48.8 Å². The minimum absolute atomic E-state index is 0.0708. The molecule has 1 saturated carbocycles. The molecule has 3 heterocycles. The molecule has 5 rings (SSSR count). The molecular weight excluding hydrogens is 338 g/mol. The van der Waals surface area contributed by atoms with Gasteiger partial charge in [-0.3, -0.25) is 4.90 Å². The van der Waals surface area contributed by atoms with Gasteiger partial charge in [0.05, 0.1) is 16.2 Å². The van der Waals surface area contributed by atoms with Crippen LogP contribution < -0.4 is 0 Å². The molecule has 2 bridgehead atoms. The van der Waals surface area contributed by atoms with Crippen LogP contribution in [-0.2, 0) is 19.4 Å². The van der Waals surface area contributed by atoms with Crippen molar-refractivity contribution in [1.29, 1.82) is 0 Å². The van der Waals surface area contributed by atoms with Crippen molar-refractivity contribution in [3.63, 3.8) is 0 Å². The van der Waals surface area contributed by atoms with E-state index in [4.69, 9.17) is 4.74 Å². The van der Waals surface area contributed by atoms with Gasteiger partial charge in [-0.25, -0.2) is 13.2 Å². The molecule has 132 valence electrons. The van der Waals surface area contributed by atoms with E-state index in [0.717, 1.165) is 31.4 Å². The lowest BCUT2D eigenvalue weighted by molar-refractivity contribution is -0.148. The number of hydrogen-bond donors (Lipinski definition) is 0. The number of benzene rings is 1. The van der Waals surface area contributed by atoms with Crippen LogP contribution in [0.5, 0.6) is 0 Å². The van der Waals surface area contributed by atoms with Crippen molar-refractivity contribution < 1.29 is 17.9 Å². The van der Waals surface area contributed by atoms with Crippen LogP contribution in [0.15, 0.2) is 46.9 Å². The third-order valence-electron chi connectivity index (χ3n) is 6.46. The zero-order chi connectivity index (χ0) is 17.2. The first kappa shape index (κ1) is 15.6. The fraction of sp³-hybridized carbons (Fsp3) is 0.526. The second kappa shape index (κ2) is 5.17. The Morgan fingerprint density at radius 2 is 1.96 bits per heavy atom. The second-order valence-corrected chi connectivity index (χ2v) is 9.77. The van der Waals surface area contributed by atoms with Gasteiger partial charge in [-0.2, -0.15) is 0 Å².